The second kappa shape index (κ2) is 7.65. The van der Waals surface area contributed by atoms with Crippen LogP contribution in [-0.4, -0.2) is 32.1 Å². The number of hydrogen-bond donors (Lipinski definition) is 3. The van der Waals surface area contributed by atoms with Crippen LogP contribution in [0.5, 0.6) is 0 Å². The molecule has 5 nitrogen and oxygen atoms in total. The first-order valence-electron chi connectivity index (χ1n) is 5.76. The minimum absolute atomic E-state index is 0.0531. The number of nitrogens with two attached hydrogens (primary N) is 1. The molecule has 1 rings (SSSR count). The lowest BCUT2D eigenvalue weighted by molar-refractivity contribution is 0.0188. The van der Waals surface area contributed by atoms with Crippen molar-refractivity contribution in [2.75, 3.05) is 25.2 Å². The molecule has 4 N–H and O–H groups in total. The largest absolute Gasteiger partial charge is 0.374 e. The third-order valence-corrected chi connectivity index (χ3v) is 2.42. The molecule has 0 aliphatic heterocycles. The van der Waals surface area contributed by atoms with Gasteiger partial charge in [0.2, 0.25) is 0 Å². The van der Waals surface area contributed by atoms with Crippen LogP contribution in [0.25, 0.3) is 0 Å². The fraction of sp³-hybridized carbons (Fsp3) is 0.417. The fourth-order valence-corrected chi connectivity index (χ4v) is 1.48. The molecular formula is C12H17F2N3O2. The van der Waals surface area contributed by atoms with Crippen molar-refractivity contribution in [3.63, 3.8) is 0 Å². The molecule has 0 unspecified atom stereocenters. The van der Waals surface area contributed by atoms with Gasteiger partial charge in [-0.25, -0.2) is 8.78 Å². The Kier molecular flexibility index (Phi) is 6.17. The van der Waals surface area contributed by atoms with Gasteiger partial charge >= 0.3 is 0 Å². The zero-order valence-electron chi connectivity index (χ0n) is 10.6. The fourth-order valence-electron chi connectivity index (χ4n) is 1.48. The molecule has 0 aliphatic carbocycles. The van der Waals surface area contributed by atoms with Crippen LogP contribution < -0.4 is 16.6 Å². The summed E-state index contributed by atoms with van der Waals surface area (Å²) in [6, 6.07) is 5.00. The van der Waals surface area contributed by atoms with Crippen molar-refractivity contribution in [1.82, 2.24) is 5.32 Å². The molecule has 0 spiro atoms. The van der Waals surface area contributed by atoms with Gasteiger partial charge in [-0.05, 0) is 30.7 Å². The predicted molar refractivity (Wildman–Crippen MR) is 68.1 cm³/mol. The number of nitrogens with one attached hydrogen (secondary N) is 2. The van der Waals surface area contributed by atoms with E-state index in [2.05, 4.69) is 15.5 Å². The monoisotopic (exact) mass is 273 g/mol. The highest BCUT2D eigenvalue weighted by Gasteiger charge is 2.07. The average Bonchev–Trinajstić information content (AvgIpc) is 2.37. The molecule has 1 aromatic carbocycles. The van der Waals surface area contributed by atoms with E-state index in [1.165, 1.54) is 0 Å². The Balaban J connectivity index is 2.39. The Hall–Kier alpha value is -1.73. The van der Waals surface area contributed by atoms with Gasteiger partial charge in [0.25, 0.3) is 12.3 Å². The maximum absolute atomic E-state index is 11.8. The van der Waals surface area contributed by atoms with Gasteiger partial charge < -0.3 is 15.5 Å². The number of nitrogen functional groups attached to an aromatic ring is 1. The Morgan fingerprint density at radius 3 is 2.79 bits per heavy atom. The number of anilines is 1. The summed E-state index contributed by atoms with van der Waals surface area (Å²) in [5.41, 5.74) is 4.56. The molecule has 0 atom stereocenters. The number of halogens is 2. The Morgan fingerprint density at radius 1 is 1.47 bits per heavy atom. The predicted octanol–water partition coefficient (Wildman–Crippen LogP) is 1.29. The van der Waals surface area contributed by atoms with Crippen LogP contribution in [0.3, 0.4) is 0 Å². The lowest BCUT2D eigenvalue weighted by Gasteiger charge is -2.09. The molecule has 0 aromatic heterocycles. The standard InChI is InChI=1S/C12H17F2N3O2/c1-8-6-9(2-3-10(8)17-15)12(18)16-4-5-19-7-11(13)14/h2-3,6,11,17H,4-5,7,15H2,1H3,(H,16,18). The van der Waals surface area contributed by atoms with E-state index in [0.717, 1.165) is 11.3 Å². The number of amides is 1. The molecule has 0 saturated carbocycles. The Bertz CT molecular complexity index is 427. The lowest BCUT2D eigenvalue weighted by atomic mass is 10.1. The van der Waals surface area contributed by atoms with E-state index in [4.69, 9.17) is 5.84 Å². The van der Waals surface area contributed by atoms with Crippen LogP contribution in [0, 0.1) is 6.92 Å². The van der Waals surface area contributed by atoms with Gasteiger partial charge in [-0.15, -0.1) is 0 Å². The van der Waals surface area contributed by atoms with Crippen LogP contribution in [0.1, 0.15) is 15.9 Å². The molecule has 1 amide bonds. The van der Waals surface area contributed by atoms with Gasteiger partial charge in [0.1, 0.15) is 6.61 Å². The van der Waals surface area contributed by atoms with E-state index in [0.29, 0.717) is 5.56 Å². The molecule has 19 heavy (non-hydrogen) atoms. The number of rotatable bonds is 7. The summed E-state index contributed by atoms with van der Waals surface area (Å²) in [4.78, 5) is 11.7. The number of carbonyl (C=O) groups is 1. The summed E-state index contributed by atoms with van der Waals surface area (Å²) in [5, 5.41) is 2.58. The van der Waals surface area contributed by atoms with Crippen LogP contribution in [0.4, 0.5) is 14.5 Å². The van der Waals surface area contributed by atoms with Gasteiger partial charge in [0.05, 0.1) is 12.3 Å². The van der Waals surface area contributed by atoms with Crippen molar-refractivity contribution in [3.8, 4) is 0 Å². The van der Waals surface area contributed by atoms with E-state index >= 15 is 0 Å². The highest BCUT2D eigenvalue weighted by molar-refractivity contribution is 5.94. The van der Waals surface area contributed by atoms with Gasteiger partial charge in [-0.3, -0.25) is 10.6 Å². The van der Waals surface area contributed by atoms with Gasteiger partial charge in [0, 0.05) is 12.1 Å². The highest BCUT2D eigenvalue weighted by Crippen LogP contribution is 2.14. The maximum Gasteiger partial charge on any atom is 0.261 e. The topological polar surface area (TPSA) is 76.4 Å². The number of benzene rings is 1. The summed E-state index contributed by atoms with van der Waals surface area (Å²) >= 11 is 0. The molecule has 1 aromatic rings. The molecule has 0 heterocycles. The Morgan fingerprint density at radius 2 is 2.21 bits per heavy atom. The zero-order chi connectivity index (χ0) is 14.3. The van der Waals surface area contributed by atoms with Crippen LogP contribution in [0.15, 0.2) is 18.2 Å². The smallest absolute Gasteiger partial charge is 0.261 e. The molecule has 7 heteroatoms. The Labute approximate surface area is 110 Å². The van der Waals surface area contributed by atoms with Crippen molar-refractivity contribution in [2.24, 2.45) is 5.84 Å². The van der Waals surface area contributed by atoms with Crippen LogP contribution in [0.2, 0.25) is 0 Å². The molecule has 0 radical (unpaired) electrons. The number of carbonyl (C=O) groups excluding carboxylic acids is 1. The summed E-state index contributed by atoms with van der Waals surface area (Å²) in [6.45, 7) is 1.43. The zero-order valence-corrected chi connectivity index (χ0v) is 10.6. The van der Waals surface area contributed by atoms with Crippen molar-refractivity contribution in [2.45, 2.75) is 13.3 Å². The second-order valence-corrected chi connectivity index (χ2v) is 3.90. The maximum atomic E-state index is 11.8. The minimum Gasteiger partial charge on any atom is -0.374 e. The number of hydrazine groups is 1. The number of alkyl halides is 2. The summed E-state index contributed by atoms with van der Waals surface area (Å²) in [5.74, 6) is 5.00. The van der Waals surface area contributed by atoms with E-state index in [1.54, 1.807) is 18.2 Å². The van der Waals surface area contributed by atoms with Crippen LogP contribution >= 0.6 is 0 Å². The molecule has 106 valence electrons. The number of aryl methyl sites for hydroxylation is 1. The lowest BCUT2D eigenvalue weighted by Crippen LogP contribution is -2.28. The van der Waals surface area contributed by atoms with E-state index < -0.39 is 13.0 Å². The molecule has 0 saturated heterocycles. The molecular weight excluding hydrogens is 256 g/mol. The summed E-state index contributed by atoms with van der Waals surface area (Å²) in [6.07, 6.45) is -2.49. The number of hydrogen-bond acceptors (Lipinski definition) is 4. The van der Waals surface area contributed by atoms with Crippen molar-refractivity contribution >= 4 is 11.6 Å². The first-order valence-corrected chi connectivity index (χ1v) is 5.76. The summed E-state index contributed by atoms with van der Waals surface area (Å²) in [7, 11) is 0. The third-order valence-electron chi connectivity index (χ3n) is 2.42. The van der Waals surface area contributed by atoms with Crippen molar-refractivity contribution < 1.29 is 18.3 Å². The summed E-state index contributed by atoms with van der Waals surface area (Å²) < 4.78 is 28.2. The van der Waals surface area contributed by atoms with E-state index in [9.17, 15) is 13.6 Å². The highest BCUT2D eigenvalue weighted by atomic mass is 19.3. The SMILES string of the molecule is Cc1cc(C(=O)NCCOCC(F)F)ccc1NN. The van der Waals surface area contributed by atoms with Gasteiger partial charge in [0.15, 0.2) is 0 Å². The quantitative estimate of drug-likeness (QED) is 0.397. The normalized spacial score (nSPS) is 10.6. The van der Waals surface area contributed by atoms with E-state index in [-0.39, 0.29) is 19.1 Å². The first-order chi connectivity index (χ1) is 9.04. The minimum atomic E-state index is -2.49. The van der Waals surface area contributed by atoms with E-state index in [1.807, 2.05) is 6.92 Å². The second-order valence-electron chi connectivity index (χ2n) is 3.90. The average molecular weight is 273 g/mol. The molecule has 0 bridgehead atoms. The van der Waals surface area contributed by atoms with Crippen molar-refractivity contribution in [1.29, 1.82) is 0 Å². The van der Waals surface area contributed by atoms with Crippen molar-refractivity contribution in [3.05, 3.63) is 29.3 Å². The molecule has 0 aliphatic rings. The molecule has 0 fully saturated rings. The van der Waals surface area contributed by atoms with Gasteiger partial charge in [-0.1, -0.05) is 0 Å². The van der Waals surface area contributed by atoms with Gasteiger partial charge in [-0.2, -0.15) is 0 Å². The first kappa shape index (κ1) is 15.3. The van der Waals surface area contributed by atoms with Crippen LogP contribution in [-0.2, 0) is 4.74 Å². The number of ether oxygens (including phenoxy) is 1. The third kappa shape index (κ3) is 5.19.